The van der Waals surface area contributed by atoms with Gasteiger partial charge >= 0.3 is 0 Å². The molecule has 0 spiro atoms. The van der Waals surface area contributed by atoms with Gasteiger partial charge in [-0.1, -0.05) is 48.6 Å². The van der Waals surface area contributed by atoms with Crippen LogP contribution in [-0.2, 0) is 6.42 Å². The van der Waals surface area contributed by atoms with Crippen LogP contribution in [0, 0.1) is 0 Å². The Morgan fingerprint density at radius 1 is 1.19 bits per heavy atom. The van der Waals surface area contributed by atoms with Crippen LogP contribution in [0.15, 0.2) is 30.3 Å². The Hall–Kier alpha value is -1.95. The van der Waals surface area contributed by atoms with E-state index in [9.17, 15) is 4.79 Å². The fraction of sp³-hybridized carbons (Fsp3) is 0.400. The van der Waals surface area contributed by atoms with Crippen molar-refractivity contribution >= 4 is 22.4 Å². The number of benzene rings is 1. The van der Waals surface area contributed by atoms with Crippen molar-refractivity contribution in [3.8, 4) is 0 Å². The molecule has 0 saturated heterocycles. The lowest BCUT2D eigenvalue weighted by Crippen LogP contribution is -2.24. The molecule has 2 aromatic rings. The highest BCUT2D eigenvalue weighted by Gasteiger charge is 2.11. The monoisotopic (exact) mass is 304 g/mol. The second-order valence-electron chi connectivity index (χ2n) is 4.68. The highest BCUT2D eigenvalue weighted by Crippen LogP contribution is 2.14. The van der Waals surface area contributed by atoms with Crippen molar-refractivity contribution in [3.63, 3.8) is 0 Å². The third-order valence-corrected chi connectivity index (χ3v) is 3.80. The zero-order valence-corrected chi connectivity index (χ0v) is 12.9. The number of hydrogen-bond donors (Lipinski definition) is 2. The number of amides is 1. The molecule has 0 aliphatic heterocycles. The molecule has 0 fully saturated rings. The van der Waals surface area contributed by atoms with Gasteiger partial charge in [0.05, 0.1) is 0 Å². The van der Waals surface area contributed by atoms with Crippen LogP contribution in [-0.4, -0.2) is 29.2 Å². The Labute approximate surface area is 128 Å². The lowest BCUT2D eigenvalue weighted by Gasteiger charge is -2.03. The van der Waals surface area contributed by atoms with Gasteiger partial charge in [-0.25, -0.2) is 0 Å². The fourth-order valence-electron chi connectivity index (χ4n) is 1.83. The van der Waals surface area contributed by atoms with Crippen molar-refractivity contribution < 1.29 is 4.79 Å². The lowest BCUT2D eigenvalue weighted by atomic mass is 10.1. The normalized spacial score (nSPS) is 10.3. The maximum Gasteiger partial charge on any atom is 0.282 e. The van der Waals surface area contributed by atoms with Crippen LogP contribution in [0.25, 0.3) is 0 Å². The molecule has 1 amide bonds. The van der Waals surface area contributed by atoms with E-state index >= 15 is 0 Å². The lowest BCUT2D eigenvalue weighted by molar-refractivity contribution is 0.0952. The highest BCUT2D eigenvalue weighted by molar-refractivity contribution is 7.17. The molecule has 2 N–H and O–H groups in total. The molecule has 0 radical (unpaired) electrons. The van der Waals surface area contributed by atoms with Crippen LogP contribution in [0.3, 0.4) is 0 Å². The molecule has 1 heterocycles. The van der Waals surface area contributed by atoms with Gasteiger partial charge in [-0.05, 0) is 24.8 Å². The number of anilines is 1. The predicted molar refractivity (Wildman–Crippen MR) is 85.8 cm³/mol. The Morgan fingerprint density at radius 2 is 2.00 bits per heavy atom. The van der Waals surface area contributed by atoms with Crippen LogP contribution in [0.5, 0.6) is 0 Å². The standard InChI is InChI=1S/C15H20N4OS/c1-2-10-17-15-19-18-14(21-15)13(20)16-11-6-9-12-7-4-3-5-8-12/h3-5,7-8H,2,6,9-11H2,1H3,(H,16,20)(H,17,19). The summed E-state index contributed by atoms with van der Waals surface area (Å²) in [6.45, 7) is 3.56. The summed E-state index contributed by atoms with van der Waals surface area (Å²) in [6.07, 6.45) is 2.89. The van der Waals surface area contributed by atoms with Gasteiger partial charge in [-0.15, -0.1) is 10.2 Å². The topological polar surface area (TPSA) is 66.9 Å². The summed E-state index contributed by atoms with van der Waals surface area (Å²) in [7, 11) is 0. The molecule has 0 bridgehead atoms. The number of aromatic nitrogens is 2. The first kappa shape index (κ1) is 15.4. The van der Waals surface area contributed by atoms with E-state index in [1.165, 1.54) is 16.9 Å². The predicted octanol–water partition coefficient (Wildman–Crippen LogP) is 2.72. The zero-order valence-electron chi connectivity index (χ0n) is 12.1. The summed E-state index contributed by atoms with van der Waals surface area (Å²) in [5.41, 5.74) is 1.29. The first-order valence-corrected chi connectivity index (χ1v) is 8.00. The van der Waals surface area contributed by atoms with Crippen LogP contribution >= 0.6 is 11.3 Å². The molecule has 6 heteroatoms. The van der Waals surface area contributed by atoms with Gasteiger partial charge in [0.1, 0.15) is 0 Å². The quantitative estimate of drug-likeness (QED) is 0.736. The molecule has 5 nitrogen and oxygen atoms in total. The summed E-state index contributed by atoms with van der Waals surface area (Å²) in [4.78, 5) is 11.9. The largest absolute Gasteiger partial charge is 0.360 e. The molecule has 0 aliphatic rings. The number of nitrogens with one attached hydrogen (secondary N) is 2. The van der Waals surface area contributed by atoms with Crippen LogP contribution in [0.2, 0.25) is 0 Å². The Balaban J connectivity index is 1.70. The number of nitrogens with zero attached hydrogens (tertiary/aromatic N) is 2. The van der Waals surface area contributed by atoms with Crippen LogP contribution in [0.1, 0.15) is 35.1 Å². The van der Waals surface area contributed by atoms with Crippen molar-refractivity contribution in [1.29, 1.82) is 0 Å². The van der Waals surface area contributed by atoms with Crippen LogP contribution < -0.4 is 10.6 Å². The van der Waals surface area contributed by atoms with Crippen molar-refractivity contribution in [2.45, 2.75) is 26.2 Å². The Morgan fingerprint density at radius 3 is 2.76 bits per heavy atom. The molecule has 112 valence electrons. The number of carbonyl (C=O) groups excluding carboxylic acids is 1. The smallest absolute Gasteiger partial charge is 0.282 e. The van der Waals surface area contributed by atoms with Gasteiger partial charge in [0, 0.05) is 13.1 Å². The van der Waals surface area contributed by atoms with Gasteiger partial charge in [0.2, 0.25) is 10.1 Å². The molecule has 21 heavy (non-hydrogen) atoms. The molecule has 0 atom stereocenters. The third kappa shape index (κ3) is 5.15. The van der Waals surface area contributed by atoms with Gasteiger partial charge in [-0.3, -0.25) is 4.79 Å². The number of carbonyl (C=O) groups is 1. The molecular formula is C15H20N4OS. The van der Waals surface area contributed by atoms with E-state index in [2.05, 4.69) is 39.9 Å². The highest BCUT2D eigenvalue weighted by atomic mass is 32.1. The molecule has 0 saturated carbocycles. The van der Waals surface area contributed by atoms with Crippen molar-refractivity contribution in [3.05, 3.63) is 40.9 Å². The minimum absolute atomic E-state index is 0.148. The molecule has 0 aliphatic carbocycles. The molecule has 2 rings (SSSR count). The number of aryl methyl sites for hydroxylation is 1. The first-order chi connectivity index (χ1) is 10.3. The second-order valence-corrected chi connectivity index (χ2v) is 5.66. The van der Waals surface area contributed by atoms with E-state index < -0.39 is 0 Å². The third-order valence-electron chi connectivity index (χ3n) is 2.92. The molecule has 1 aromatic heterocycles. The first-order valence-electron chi connectivity index (χ1n) is 7.19. The summed E-state index contributed by atoms with van der Waals surface area (Å²) in [5.74, 6) is -0.148. The summed E-state index contributed by atoms with van der Waals surface area (Å²) in [6, 6.07) is 10.3. The van der Waals surface area contributed by atoms with E-state index in [0.29, 0.717) is 16.7 Å². The fourth-order valence-corrected chi connectivity index (χ4v) is 2.52. The van der Waals surface area contributed by atoms with Crippen LogP contribution in [0.4, 0.5) is 5.13 Å². The Kier molecular flexibility index (Phi) is 6.15. The van der Waals surface area contributed by atoms with E-state index in [1.807, 2.05) is 18.2 Å². The van der Waals surface area contributed by atoms with Gasteiger partial charge in [-0.2, -0.15) is 0 Å². The van der Waals surface area contributed by atoms with E-state index in [0.717, 1.165) is 25.8 Å². The second kappa shape index (κ2) is 8.36. The maximum atomic E-state index is 11.9. The minimum atomic E-state index is -0.148. The summed E-state index contributed by atoms with van der Waals surface area (Å²) >= 11 is 1.29. The van der Waals surface area contributed by atoms with Gasteiger partial charge < -0.3 is 10.6 Å². The maximum absolute atomic E-state index is 11.9. The number of rotatable bonds is 8. The zero-order chi connectivity index (χ0) is 14.9. The molecular weight excluding hydrogens is 284 g/mol. The average molecular weight is 304 g/mol. The average Bonchev–Trinajstić information content (AvgIpc) is 2.99. The number of hydrogen-bond acceptors (Lipinski definition) is 5. The minimum Gasteiger partial charge on any atom is -0.360 e. The SMILES string of the molecule is CCCNc1nnc(C(=O)NCCCc2ccccc2)s1. The van der Waals surface area contributed by atoms with Crippen molar-refractivity contribution in [2.24, 2.45) is 0 Å². The summed E-state index contributed by atoms with van der Waals surface area (Å²) < 4.78 is 0. The van der Waals surface area contributed by atoms with Gasteiger partial charge in [0.15, 0.2) is 0 Å². The van der Waals surface area contributed by atoms with Crippen molar-refractivity contribution in [1.82, 2.24) is 15.5 Å². The molecule has 0 unspecified atom stereocenters. The van der Waals surface area contributed by atoms with Gasteiger partial charge in [0.25, 0.3) is 5.91 Å². The Bertz CT molecular complexity index is 556. The summed E-state index contributed by atoms with van der Waals surface area (Å²) in [5, 5.41) is 15.0. The molecule has 1 aromatic carbocycles. The van der Waals surface area contributed by atoms with Crippen molar-refractivity contribution in [2.75, 3.05) is 18.4 Å². The van der Waals surface area contributed by atoms with E-state index in [-0.39, 0.29) is 5.91 Å². The van der Waals surface area contributed by atoms with E-state index in [1.54, 1.807) is 0 Å². The van der Waals surface area contributed by atoms with E-state index in [4.69, 9.17) is 0 Å².